The highest BCUT2D eigenvalue weighted by atomic mass is 16.4. The van der Waals surface area contributed by atoms with E-state index in [4.69, 9.17) is 16.6 Å². The summed E-state index contributed by atoms with van der Waals surface area (Å²) in [6.07, 6.45) is 0.503. The summed E-state index contributed by atoms with van der Waals surface area (Å²) in [5.74, 6) is -5.08. The Morgan fingerprint density at radius 3 is 2.03 bits per heavy atom. The number of aliphatic carboxylic acids is 2. The molecule has 32 heavy (non-hydrogen) atoms. The molecular weight excluding hydrogens is 426 g/mol. The molecular formula is C19H29N5O8. The van der Waals surface area contributed by atoms with Crippen LogP contribution < -0.4 is 16.8 Å². The van der Waals surface area contributed by atoms with Crippen LogP contribution in [0.3, 0.4) is 0 Å². The van der Waals surface area contributed by atoms with E-state index in [9.17, 15) is 33.9 Å². The van der Waals surface area contributed by atoms with Crippen molar-refractivity contribution in [2.24, 2.45) is 11.5 Å². The third-order valence-corrected chi connectivity index (χ3v) is 5.66. The Kier molecular flexibility index (Phi) is 8.52. The molecule has 2 aliphatic heterocycles. The van der Waals surface area contributed by atoms with E-state index in [1.165, 1.54) is 4.90 Å². The minimum Gasteiger partial charge on any atom is -0.481 e. The van der Waals surface area contributed by atoms with Crippen LogP contribution in [0, 0.1) is 0 Å². The fourth-order valence-electron chi connectivity index (χ4n) is 4.10. The molecule has 4 unspecified atom stereocenters. The van der Waals surface area contributed by atoms with Crippen molar-refractivity contribution in [3.05, 3.63) is 0 Å². The molecule has 0 spiro atoms. The molecule has 0 aliphatic carbocycles. The molecule has 13 nitrogen and oxygen atoms in total. The zero-order valence-electron chi connectivity index (χ0n) is 17.6. The number of carboxylic acids is 2. The summed E-state index contributed by atoms with van der Waals surface area (Å²) >= 11 is 0. The summed E-state index contributed by atoms with van der Waals surface area (Å²) < 4.78 is 0. The van der Waals surface area contributed by atoms with Crippen molar-refractivity contribution in [3.63, 3.8) is 0 Å². The molecule has 0 aromatic carbocycles. The second kappa shape index (κ2) is 10.9. The molecule has 0 aromatic heterocycles. The molecule has 2 rings (SSSR count). The molecule has 178 valence electrons. The van der Waals surface area contributed by atoms with Gasteiger partial charge in [-0.25, -0.2) is 4.79 Å². The van der Waals surface area contributed by atoms with Gasteiger partial charge < -0.3 is 36.8 Å². The average molecular weight is 455 g/mol. The van der Waals surface area contributed by atoms with Crippen molar-refractivity contribution < 1.29 is 39.0 Å². The van der Waals surface area contributed by atoms with E-state index in [0.717, 1.165) is 4.90 Å². The molecule has 4 atom stereocenters. The molecule has 2 saturated heterocycles. The number of nitrogens with zero attached hydrogens (tertiary/aromatic N) is 2. The summed E-state index contributed by atoms with van der Waals surface area (Å²) in [6, 6.07) is -4.44. The van der Waals surface area contributed by atoms with Gasteiger partial charge in [-0.1, -0.05) is 0 Å². The molecule has 2 heterocycles. The van der Waals surface area contributed by atoms with E-state index in [2.05, 4.69) is 5.32 Å². The van der Waals surface area contributed by atoms with Gasteiger partial charge >= 0.3 is 11.9 Å². The molecule has 2 aliphatic rings. The number of primary amides is 1. The molecule has 13 heteroatoms. The van der Waals surface area contributed by atoms with E-state index in [1.807, 2.05) is 0 Å². The predicted molar refractivity (Wildman–Crippen MR) is 108 cm³/mol. The summed E-state index contributed by atoms with van der Waals surface area (Å²) in [7, 11) is 0. The average Bonchev–Trinajstić information content (AvgIpc) is 3.38. The van der Waals surface area contributed by atoms with Crippen LogP contribution in [0.5, 0.6) is 0 Å². The van der Waals surface area contributed by atoms with Crippen LogP contribution in [0.4, 0.5) is 0 Å². The Bertz CT molecular complexity index is 788. The molecule has 0 aromatic rings. The van der Waals surface area contributed by atoms with E-state index < -0.39 is 66.2 Å². The first-order valence-electron chi connectivity index (χ1n) is 10.4. The highest BCUT2D eigenvalue weighted by molar-refractivity contribution is 5.95. The van der Waals surface area contributed by atoms with Gasteiger partial charge in [-0.15, -0.1) is 0 Å². The SMILES string of the molecule is NC(=O)CC(N)C(=O)N1CCCC1C(=O)NC(CCC(=O)O)C(=O)N1CCCC1C(=O)O. The lowest BCUT2D eigenvalue weighted by Gasteiger charge is -2.30. The van der Waals surface area contributed by atoms with Crippen LogP contribution in [-0.4, -0.2) is 92.8 Å². The third-order valence-electron chi connectivity index (χ3n) is 5.66. The van der Waals surface area contributed by atoms with Gasteiger partial charge in [0.15, 0.2) is 0 Å². The van der Waals surface area contributed by atoms with Gasteiger partial charge in [0.25, 0.3) is 0 Å². The monoisotopic (exact) mass is 455 g/mol. The Balaban J connectivity index is 2.13. The summed E-state index contributed by atoms with van der Waals surface area (Å²) in [6.45, 7) is 0.412. The fourth-order valence-corrected chi connectivity index (χ4v) is 4.10. The second-order valence-corrected chi connectivity index (χ2v) is 7.99. The zero-order chi connectivity index (χ0) is 24.0. The van der Waals surface area contributed by atoms with Crippen LogP contribution in [-0.2, 0) is 28.8 Å². The Morgan fingerprint density at radius 1 is 0.938 bits per heavy atom. The van der Waals surface area contributed by atoms with Crippen molar-refractivity contribution in [2.75, 3.05) is 13.1 Å². The van der Waals surface area contributed by atoms with Gasteiger partial charge in [-0.3, -0.25) is 24.0 Å². The fraction of sp³-hybridized carbons (Fsp3) is 0.684. The van der Waals surface area contributed by atoms with Gasteiger partial charge in [0, 0.05) is 19.5 Å². The predicted octanol–water partition coefficient (Wildman–Crippen LogP) is -2.39. The van der Waals surface area contributed by atoms with Crippen molar-refractivity contribution in [1.29, 1.82) is 0 Å². The number of carbonyl (C=O) groups is 6. The van der Waals surface area contributed by atoms with Crippen molar-refractivity contribution in [3.8, 4) is 0 Å². The Labute approximate surface area is 184 Å². The largest absolute Gasteiger partial charge is 0.481 e. The normalized spacial score (nSPS) is 22.3. The quantitative estimate of drug-likeness (QED) is 0.237. The van der Waals surface area contributed by atoms with Crippen LogP contribution in [0.1, 0.15) is 44.9 Å². The number of rotatable bonds is 10. The number of hydrogen-bond donors (Lipinski definition) is 5. The van der Waals surface area contributed by atoms with E-state index in [-0.39, 0.29) is 32.4 Å². The molecule has 2 fully saturated rings. The lowest BCUT2D eigenvalue weighted by molar-refractivity contribution is -0.150. The Morgan fingerprint density at radius 2 is 1.50 bits per heavy atom. The number of likely N-dealkylation sites (tertiary alicyclic amines) is 2. The van der Waals surface area contributed by atoms with Crippen molar-refractivity contribution in [2.45, 2.75) is 69.1 Å². The number of nitrogens with one attached hydrogen (secondary N) is 1. The number of hydrogen-bond acceptors (Lipinski definition) is 7. The van der Waals surface area contributed by atoms with E-state index in [0.29, 0.717) is 19.3 Å². The first-order valence-corrected chi connectivity index (χ1v) is 10.4. The second-order valence-electron chi connectivity index (χ2n) is 7.99. The van der Waals surface area contributed by atoms with Crippen LogP contribution in [0.15, 0.2) is 0 Å². The molecule has 0 saturated carbocycles. The zero-order valence-corrected chi connectivity index (χ0v) is 17.6. The minimum atomic E-state index is -1.25. The number of carboxylic acid groups (broad SMARTS) is 2. The van der Waals surface area contributed by atoms with Crippen molar-refractivity contribution in [1.82, 2.24) is 15.1 Å². The molecule has 0 radical (unpaired) electrons. The van der Waals surface area contributed by atoms with Gasteiger partial charge in [0.1, 0.15) is 18.1 Å². The first kappa shape index (κ1) is 25.0. The highest BCUT2D eigenvalue weighted by Crippen LogP contribution is 2.22. The maximum atomic E-state index is 13.0. The topological polar surface area (TPSA) is 213 Å². The van der Waals surface area contributed by atoms with E-state index in [1.54, 1.807) is 0 Å². The maximum Gasteiger partial charge on any atom is 0.326 e. The smallest absolute Gasteiger partial charge is 0.326 e. The van der Waals surface area contributed by atoms with Crippen LogP contribution in [0.25, 0.3) is 0 Å². The van der Waals surface area contributed by atoms with Crippen molar-refractivity contribution >= 4 is 35.6 Å². The van der Waals surface area contributed by atoms with Crippen LogP contribution >= 0.6 is 0 Å². The first-order chi connectivity index (χ1) is 15.0. The van der Waals surface area contributed by atoms with Gasteiger partial charge in [0.2, 0.25) is 23.6 Å². The maximum absolute atomic E-state index is 13.0. The number of nitrogens with two attached hydrogens (primary N) is 2. The highest BCUT2D eigenvalue weighted by Gasteiger charge is 2.41. The minimum absolute atomic E-state index is 0.186. The Hall–Kier alpha value is -3.22. The molecule has 7 N–H and O–H groups in total. The summed E-state index contributed by atoms with van der Waals surface area (Å²) in [5, 5.41) is 20.8. The van der Waals surface area contributed by atoms with Gasteiger partial charge in [-0.2, -0.15) is 0 Å². The number of amides is 4. The lowest BCUT2D eigenvalue weighted by Crippen LogP contribution is -2.57. The molecule has 4 amide bonds. The van der Waals surface area contributed by atoms with Crippen LogP contribution in [0.2, 0.25) is 0 Å². The summed E-state index contributed by atoms with van der Waals surface area (Å²) in [4.78, 5) is 74.3. The summed E-state index contributed by atoms with van der Waals surface area (Å²) in [5.41, 5.74) is 10.8. The molecule has 0 bridgehead atoms. The third kappa shape index (κ3) is 6.15. The number of carbonyl (C=O) groups excluding carboxylic acids is 4. The standard InChI is InChI=1S/C19H29N5O8/c20-10(9-14(21)25)17(29)23-7-1-3-12(23)16(28)22-11(5-6-15(26)27)18(30)24-8-2-4-13(24)19(31)32/h10-13H,1-9,20H2,(H2,21,25)(H,22,28)(H,26,27)(H,31,32). The van der Waals surface area contributed by atoms with Gasteiger partial charge in [0.05, 0.1) is 12.5 Å². The van der Waals surface area contributed by atoms with Gasteiger partial charge in [-0.05, 0) is 32.1 Å². The lowest BCUT2D eigenvalue weighted by atomic mass is 10.1. The van der Waals surface area contributed by atoms with E-state index >= 15 is 0 Å².